The second-order valence-electron chi connectivity index (χ2n) is 3.76. The Bertz CT molecular complexity index is 670. The summed E-state index contributed by atoms with van der Waals surface area (Å²) in [5.41, 5.74) is -0.150. The number of aromatic nitrogens is 2. The number of aromatic carboxylic acids is 1. The summed E-state index contributed by atoms with van der Waals surface area (Å²) in [4.78, 5) is 26.7. The Hall–Kier alpha value is -2.68. The number of hydrogen-bond donors (Lipinski definition) is 4. The van der Waals surface area contributed by atoms with Crippen molar-refractivity contribution in [1.29, 1.82) is 0 Å². The minimum Gasteiger partial charge on any atom is -0.508 e. The fourth-order valence-electron chi connectivity index (χ4n) is 1.42. The second kappa shape index (κ2) is 5.53. The summed E-state index contributed by atoms with van der Waals surface area (Å²) in [6, 6.07) is 2.97. The lowest BCUT2D eigenvalue weighted by Gasteiger charge is -2.08. The molecule has 0 saturated heterocycles. The number of aryl methyl sites for hydroxylation is 1. The van der Waals surface area contributed by atoms with Crippen LogP contribution in [0.3, 0.4) is 0 Å². The van der Waals surface area contributed by atoms with E-state index in [9.17, 15) is 14.7 Å². The number of phenolic OH excluding ortho intramolecular Hbond substituents is 1. The average Bonchev–Trinajstić information content (AvgIpc) is 2.76. The molecule has 4 N–H and O–H groups in total. The number of nitrogens with one attached hydrogen (secondary N) is 2. The van der Waals surface area contributed by atoms with Crippen molar-refractivity contribution in [3.05, 3.63) is 29.6 Å². The second-order valence-corrected chi connectivity index (χ2v) is 4.51. The standard InChI is InChI=1S/C11H10N4O4S/c1-5-12-11(20-15-5)14-10(19)13-8-3-2-6(16)4-7(8)9(17)18/h2-4,16H,1H3,(H,17,18)(H2,12,13,14,15,19). The van der Waals surface area contributed by atoms with E-state index in [0.29, 0.717) is 11.0 Å². The molecule has 1 aromatic carbocycles. The van der Waals surface area contributed by atoms with Gasteiger partial charge in [-0.1, -0.05) is 0 Å². The largest absolute Gasteiger partial charge is 0.508 e. The predicted molar refractivity (Wildman–Crippen MR) is 72.4 cm³/mol. The highest BCUT2D eigenvalue weighted by atomic mass is 32.1. The van der Waals surface area contributed by atoms with Crippen LogP contribution in [-0.4, -0.2) is 31.6 Å². The van der Waals surface area contributed by atoms with Crippen LogP contribution in [0.2, 0.25) is 0 Å². The number of anilines is 2. The van der Waals surface area contributed by atoms with E-state index in [1.807, 2.05) is 0 Å². The number of hydrogen-bond acceptors (Lipinski definition) is 6. The van der Waals surface area contributed by atoms with Crippen molar-refractivity contribution < 1.29 is 19.8 Å². The van der Waals surface area contributed by atoms with Gasteiger partial charge in [-0.25, -0.2) is 14.6 Å². The number of benzene rings is 1. The fraction of sp³-hybridized carbons (Fsp3) is 0.0909. The first-order valence-electron chi connectivity index (χ1n) is 5.40. The predicted octanol–water partition coefficient (Wildman–Crippen LogP) is 1.89. The first kappa shape index (κ1) is 13.7. The van der Waals surface area contributed by atoms with Crippen molar-refractivity contribution in [2.24, 2.45) is 0 Å². The molecule has 0 fully saturated rings. The Morgan fingerprint density at radius 3 is 2.65 bits per heavy atom. The highest BCUT2D eigenvalue weighted by Crippen LogP contribution is 2.21. The number of urea groups is 1. The Morgan fingerprint density at radius 1 is 1.30 bits per heavy atom. The van der Waals surface area contributed by atoms with Crippen LogP contribution in [-0.2, 0) is 0 Å². The quantitative estimate of drug-likeness (QED) is 0.641. The van der Waals surface area contributed by atoms with Crippen molar-refractivity contribution in [2.75, 3.05) is 10.6 Å². The van der Waals surface area contributed by atoms with Gasteiger partial charge in [0.2, 0.25) is 5.13 Å². The van der Waals surface area contributed by atoms with E-state index in [1.165, 1.54) is 12.1 Å². The lowest BCUT2D eigenvalue weighted by molar-refractivity contribution is 0.0697. The zero-order valence-electron chi connectivity index (χ0n) is 10.2. The van der Waals surface area contributed by atoms with Crippen molar-refractivity contribution >= 4 is 34.4 Å². The highest BCUT2D eigenvalue weighted by Gasteiger charge is 2.14. The number of aromatic hydroxyl groups is 1. The molecule has 0 bridgehead atoms. The zero-order chi connectivity index (χ0) is 14.7. The van der Waals surface area contributed by atoms with Crippen LogP contribution in [0, 0.1) is 6.92 Å². The summed E-state index contributed by atoms with van der Waals surface area (Å²) >= 11 is 1.01. The molecule has 2 aromatic rings. The van der Waals surface area contributed by atoms with E-state index in [4.69, 9.17) is 5.11 Å². The number of carboxylic acid groups (broad SMARTS) is 1. The van der Waals surface area contributed by atoms with Crippen molar-refractivity contribution in [3.63, 3.8) is 0 Å². The SMILES string of the molecule is Cc1nsc(NC(=O)Nc2ccc(O)cc2C(=O)O)n1. The molecule has 1 heterocycles. The molecule has 0 spiro atoms. The molecule has 1 aromatic heterocycles. The van der Waals surface area contributed by atoms with Gasteiger partial charge in [0.25, 0.3) is 0 Å². The molecule has 0 aliphatic heterocycles. The number of carbonyl (C=O) groups excluding carboxylic acids is 1. The molecule has 0 radical (unpaired) electrons. The van der Waals surface area contributed by atoms with Crippen molar-refractivity contribution in [1.82, 2.24) is 9.36 Å². The third-order valence-corrected chi connectivity index (χ3v) is 2.95. The molecule has 2 amide bonds. The molecule has 0 aliphatic carbocycles. The summed E-state index contributed by atoms with van der Waals surface area (Å²) in [6.07, 6.45) is 0. The maximum atomic E-state index is 11.7. The monoisotopic (exact) mass is 294 g/mol. The van der Waals surface area contributed by atoms with Gasteiger partial charge in [-0.15, -0.1) is 0 Å². The summed E-state index contributed by atoms with van der Waals surface area (Å²) < 4.78 is 3.89. The van der Waals surface area contributed by atoms with Gasteiger partial charge >= 0.3 is 12.0 Å². The van der Waals surface area contributed by atoms with Crippen LogP contribution in [0.15, 0.2) is 18.2 Å². The van der Waals surface area contributed by atoms with Crippen LogP contribution in [0.1, 0.15) is 16.2 Å². The number of phenols is 1. The van der Waals surface area contributed by atoms with Crippen molar-refractivity contribution in [3.8, 4) is 5.75 Å². The lowest BCUT2D eigenvalue weighted by atomic mass is 10.1. The normalized spacial score (nSPS) is 10.1. The minimum atomic E-state index is -1.26. The van der Waals surface area contributed by atoms with E-state index in [1.54, 1.807) is 6.92 Å². The molecule has 8 nitrogen and oxygen atoms in total. The van der Waals surface area contributed by atoms with Crippen molar-refractivity contribution in [2.45, 2.75) is 6.92 Å². The molecule has 20 heavy (non-hydrogen) atoms. The van der Waals surface area contributed by atoms with E-state index in [2.05, 4.69) is 20.0 Å². The first-order valence-corrected chi connectivity index (χ1v) is 6.17. The molecule has 9 heteroatoms. The number of rotatable bonds is 3. The third kappa shape index (κ3) is 3.20. The molecular formula is C11H10N4O4S. The van der Waals surface area contributed by atoms with Crippen LogP contribution in [0.5, 0.6) is 5.75 Å². The topological polar surface area (TPSA) is 124 Å². The Balaban J connectivity index is 2.13. The molecule has 0 atom stereocenters. The number of carboxylic acids is 1. The smallest absolute Gasteiger partial charge is 0.337 e. The molecule has 0 unspecified atom stereocenters. The van der Waals surface area contributed by atoms with Gasteiger partial charge in [0.15, 0.2) is 0 Å². The summed E-state index contributed by atoms with van der Waals surface area (Å²) in [6.45, 7) is 1.68. The van der Waals surface area contributed by atoms with Crippen LogP contribution in [0.4, 0.5) is 15.6 Å². The molecule has 2 rings (SSSR count). The number of nitrogens with zero attached hydrogens (tertiary/aromatic N) is 2. The minimum absolute atomic E-state index is 0.0639. The summed E-state index contributed by atoms with van der Waals surface area (Å²) in [5, 5.41) is 23.3. The Labute approximate surface area is 117 Å². The van der Waals surface area contributed by atoms with E-state index in [0.717, 1.165) is 17.6 Å². The summed E-state index contributed by atoms with van der Waals surface area (Å²) in [5.74, 6) is -0.933. The molecule has 0 saturated carbocycles. The molecular weight excluding hydrogens is 284 g/mol. The van der Waals surface area contributed by atoms with Crippen LogP contribution < -0.4 is 10.6 Å². The van der Waals surface area contributed by atoms with Crippen LogP contribution in [0.25, 0.3) is 0 Å². The first-order chi connectivity index (χ1) is 9.45. The molecule has 0 aliphatic rings. The van der Waals surface area contributed by atoms with Gasteiger partial charge in [0.05, 0.1) is 11.3 Å². The van der Waals surface area contributed by atoms with Gasteiger partial charge in [0, 0.05) is 11.5 Å². The highest BCUT2D eigenvalue weighted by molar-refractivity contribution is 7.09. The van der Waals surface area contributed by atoms with E-state index < -0.39 is 12.0 Å². The van der Waals surface area contributed by atoms with Gasteiger partial charge in [-0.05, 0) is 25.1 Å². The summed E-state index contributed by atoms with van der Waals surface area (Å²) in [7, 11) is 0. The maximum absolute atomic E-state index is 11.7. The average molecular weight is 294 g/mol. The lowest BCUT2D eigenvalue weighted by Crippen LogP contribution is -2.20. The Kier molecular flexibility index (Phi) is 3.80. The fourth-order valence-corrected chi connectivity index (χ4v) is 1.99. The van der Waals surface area contributed by atoms with Gasteiger partial charge in [-0.2, -0.15) is 4.37 Å². The number of carbonyl (C=O) groups is 2. The van der Waals surface area contributed by atoms with Gasteiger partial charge < -0.3 is 15.5 Å². The van der Waals surface area contributed by atoms with E-state index >= 15 is 0 Å². The zero-order valence-corrected chi connectivity index (χ0v) is 11.1. The third-order valence-electron chi connectivity index (χ3n) is 2.23. The van der Waals surface area contributed by atoms with Gasteiger partial charge in [-0.3, -0.25) is 5.32 Å². The number of amides is 2. The Morgan fingerprint density at radius 2 is 2.05 bits per heavy atom. The van der Waals surface area contributed by atoms with Gasteiger partial charge in [0.1, 0.15) is 11.6 Å². The maximum Gasteiger partial charge on any atom is 0.337 e. The molecule has 104 valence electrons. The van der Waals surface area contributed by atoms with Crippen LogP contribution >= 0.6 is 11.5 Å². The van der Waals surface area contributed by atoms with E-state index in [-0.39, 0.29) is 17.0 Å².